The highest BCUT2D eigenvalue weighted by molar-refractivity contribution is 5.87. The van der Waals surface area contributed by atoms with Crippen molar-refractivity contribution in [2.24, 2.45) is 0 Å². The van der Waals surface area contributed by atoms with Gasteiger partial charge in [0.1, 0.15) is 30.5 Å². The Morgan fingerprint density at radius 2 is 1.56 bits per heavy atom. The topological polar surface area (TPSA) is 157 Å². The summed E-state index contributed by atoms with van der Waals surface area (Å²) in [6, 6.07) is 4.34. The SMILES string of the molecule is COc1cc(C=CC(=O)OC2C(O)C(O)C(O)C(O)C2O)ccc1O. The van der Waals surface area contributed by atoms with Crippen LogP contribution in [0.25, 0.3) is 6.08 Å². The van der Waals surface area contributed by atoms with Gasteiger partial charge in [0.25, 0.3) is 0 Å². The Morgan fingerprint density at radius 3 is 2.12 bits per heavy atom. The van der Waals surface area contributed by atoms with E-state index in [1.165, 1.54) is 31.4 Å². The fourth-order valence-corrected chi connectivity index (χ4v) is 2.47. The van der Waals surface area contributed by atoms with Gasteiger partial charge in [-0.1, -0.05) is 6.07 Å². The van der Waals surface area contributed by atoms with E-state index in [-0.39, 0.29) is 11.5 Å². The number of esters is 1. The van der Waals surface area contributed by atoms with Crippen molar-refractivity contribution in [2.45, 2.75) is 36.6 Å². The molecule has 1 aromatic rings. The molecule has 6 N–H and O–H groups in total. The van der Waals surface area contributed by atoms with Gasteiger partial charge in [0.05, 0.1) is 7.11 Å². The van der Waals surface area contributed by atoms with Crippen molar-refractivity contribution < 1.29 is 44.9 Å². The summed E-state index contributed by atoms with van der Waals surface area (Å²) in [7, 11) is 1.37. The number of benzene rings is 1. The molecule has 25 heavy (non-hydrogen) atoms. The molecule has 0 spiro atoms. The number of carbonyl (C=O) groups is 1. The summed E-state index contributed by atoms with van der Waals surface area (Å²) >= 11 is 0. The largest absolute Gasteiger partial charge is 0.504 e. The quantitative estimate of drug-likeness (QED) is 0.269. The first-order valence-corrected chi connectivity index (χ1v) is 7.42. The maximum atomic E-state index is 11.9. The monoisotopic (exact) mass is 356 g/mol. The lowest BCUT2D eigenvalue weighted by Crippen LogP contribution is -2.64. The second kappa shape index (κ2) is 7.81. The second-order valence-corrected chi connectivity index (χ2v) is 5.62. The molecule has 1 saturated carbocycles. The number of aliphatic hydroxyl groups is 5. The minimum Gasteiger partial charge on any atom is -0.504 e. The van der Waals surface area contributed by atoms with Gasteiger partial charge in [-0.3, -0.25) is 0 Å². The summed E-state index contributed by atoms with van der Waals surface area (Å²) in [4.78, 5) is 11.9. The van der Waals surface area contributed by atoms with E-state index in [4.69, 9.17) is 9.47 Å². The maximum Gasteiger partial charge on any atom is 0.331 e. The number of methoxy groups -OCH3 is 1. The molecule has 1 aromatic carbocycles. The van der Waals surface area contributed by atoms with Crippen LogP contribution in [0.1, 0.15) is 5.56 Å². The minimum absolute atomic E-state index is 0.0720. The highest BCUT2D eigenvalue weighted by Crippen LogP contribution is 2.27. The molecular weight excluding hydrogens is 336 g/mol. The number of ether oxygens (including phenoxy) is 2. The lowest BCUT2D eigenvalue weighted by Gasteiger charge is -2.40. The molecule has 9 heteroatoms. The predicted molar refractivity (Wildman–Crippen MR) is 83.6 cm³/mol. The van der Waals surface area contributed by atoms with E-state index >= 15 is 0 Å². The molecule has 9 nitrogen and oxygen atoms in total. The van der Waals surface area contributed by atoms with Crippen molar-refractivity contribution in [3.63, 3.8) is 0 Å². The van der Waals surface area contributed by atoms with Crippen LogP contribution in [-0.2, 0) is 9.53 Å². The third-order valence-corrected chi connectivity index (χ3v) is 3.94. The fourth-order valence-electron chi connectivity index (χ4n) is 2.47. The molecule has 1 aliphatic carbocycles. The summed E-state index contributed by atoms with van der Waals surface area (Å²) in [6.45, 7) is 0. The van der Waals surface area contributed by atoms with Gasteiger partial charge >= 0.3 is 5.97 Å². The van der Waals surface area contributed by atoms with Crippen molar-refractivity contribution in [1.82, 2.24) is 0 Å². The molecule has 4 unspecified atom stereocenters. The van der Waals surface area contributed by atoms with Gasteiger partial charge in [0, 0.05) is 6.08 Å². The van der Waals surface area contributed by atoms with E-state index in [0.29, 0.717) is 5.56 Å². The zero-order valence-corrected chi connectivity index (χ0v) is 13.3. The fraction of sp³-hybridized carbons (Fsp3) is 0.438. The van der Waals surface area contributed by atoms with Crippen LogP contribution >= 0.6 is 0 Å². The van der Waals surface area contributed by atoms with Crippen LogP contribution in [0.3, 0.4) is 0 Å². The van der Waals surface area contributed by atoms with Gasteiger partial charge in [0.15, 0.2) is 17.6 Å². The predicted octanol–water partition coefficient (Wildman–Crippen LogP) is -1.86. The molecule has 1 aliphatic rings. The van der Waals surface area contributed by atoms with Crippen molar-refractivity contribution in [3.8, 4) is 11.5 Å². The lowest BCUT2D eigenvalue weighted by molar-refractivity contribution is -0.231. The molecule has 0 bridgehead atoms. The molecule has 0 radical (unpaired) electrons. The number of aromatic hydroxyl groups is 1. The lowest BCUT2D eigenvalue weighted by atomic mass is 9.85. The standard InChI is InChI=1S/C16H20O9/c1-24-9-6-7(2-4-8(9)17)3-5-10(18)25-16-14(22)12(20)11(19)13(21)15(16)23/h2-6,11-17,19-23H,1H3. The van der Waals surface area contributed by atoms with Crippen LogP contribution in [0, 0.1) is 0 Å². The molecule has 2 rings (SSSR count). The smallest absolute Gasteiger partial charge is 0.331 e. The second-order valence-electron chi connectivity index (χ2n) is 5.62. The molecule has 0 amide bonds. The van der Waals surface area contributed by atoms with E-state index in [0.717, 1.165) is 6.08 Å². The number of phenols is 1. The van der Waals surface area contributed by atoms with Crippen LogP contribution in [-0.4, -0.2) is 80.3 Å². The van der Waals surface area contributed by atoms with E-state index in [9.17, 15) is 35.4 Å². The van der Waals surface area contributed by atoms with Crippen molar-refractivity contribution in [1.29, 1.82) is 0 Å². The molecule has 138 valence electrons. The van der Waals surface area contributed by atoms with Crippen LogP contribution in [0.4, 0.5) is 0 Å². The first kappa shape index (κ1) is 19.2. The number of carbonyl (C=O) groups excluding carboxylic acids is 1. The zero-order valence-electron chi connectivity index (χ0n) is 13.3. The normalized spacial score (nSPS) is 32.6. The molecule has 0 aliphatic heterocycles. The number of hydrogen-bond acceptors (Lipinski definition) is 9. The van der Waals surface area contributed by atoms with Gasteiger partial charge < -0.3 is 40.1 Å². The number of rotatable bonds is 4. The van der Waals surface area contributed by atoms with Gasteiger partial charge in [0.2, 0.25) is 0 Å². The number of aliphatic hydroxyl groups excluding tert-OH is 5. The Labute approximate surface area is 143 Å². The summed E-state index contributed by atoms with van der Waals surface area (Å²) in [6.07, 6.45) is -8.12. The maximum absolute atomic E-state index is 11.9. The molecule has 1 fully saturated rings. The average molecular weight is 356 g/mol. The third-order valence-electron chi connectivity index (χ3n) is 3.94. The molecule has 0 aromatic heterocycles. The Balaban J connectivity index is 2.06. The number of phenolic OH excluding ortho intramolecular Hbond substituents is 1. The third kappa shape index (κ3) is 4.09. The molecule has 0 heterocycles. The molecule has 0 saturated heterocycles. The highest BCUT2D eigenvalue weighted by atomic mass is 16.6. The Kier molecular flexibility index (Phi) is 5.98. The summed E-state index contributed by atoms with van der Waals surface area (Å²) in [5.74, 6) is -0.822. The Bertz CT molecular complexity index is 628. The summed E-state index contributed by atoms with van der Waals surface area (Å²) in [5, 5.41) is 57.7. The van der Waals surface area contributed by atoms with Crippen molar-refractivity contribution in [2.75, 3.05) is 7.11 Å². The average Bonchev–Trinajstić information content (AvgIpc) is 2.61. The first-order chi connectivity index (χ1) is 11.8. The van der Waals surface area contributed by atoms with Crippen LogP contribution in [0.15, 0.2) is 24.3 Å². The van der Waals surface area contributed by atoms with E-state index < -0.39 is 42.6 Å². The van der Waals surface area contributed by atoms with Crippen molar-refractivity contribution in [3.05, 3.63) is 29.8 Å². The van der Waals surface area contributed by atoms with Crippen LogP contribution in [0.5, 0.6) is 11.5 Å². The summed E-state index contributed by atoms with van der Waals surface area (Å²) < 4.78 is 9.80. The van der Waals surface area contributed by atoms with Gasteiger partial charge in [-0.25, -0.2) is 4.79 Å². The molecule has 4 atom stereocenters. The van der Waals surface area contributed by atoms with E-state index in [1.807, 2.05) is 0 Å². The highest BCUT2D eigenvalue weighted by Gasteiger charge is 2.50. The minimum atomic E-state index is -1.78. The Morgan fingerprint density at radius 1 is 1.00 bits per heavy atom. The zero-order chi connectivity index (χ0) is 18.7. The van der Waals surface area contributed by atoms with E-state index in [1.54, 1.807) is 0 Å². The van der Waals surface area contributed by atoms with Gasteiger partial charge in [-0.2, -0.15) is 0 Å². The first-order valence-electron chi connectivity index (χ1n) is 7.42. The summed E-state index contributed by atoms with van der Waals surface area (Å²) in [5.41, 5.74) is 0.506. The van der Waals surface area contributed by atoms with Crippen LogP contribution < -0.4 is 4.74 Å². The number of hydrogen-bond donors (Lipinski definition) is 6. The van der Waals surface area contributed by atoms with Gasteiger partial charge in [-0.05, 0) is 23.8 Å². The molecular formula is C16H20O9. The van der Waals surface area contributed by atoms with Gasteiger partial charge in [-0.15, -0.1) is 0 Å². The van der Waals surface area contributed by atoms with Crippen LogP contribution in [0.2, 0.25) is 0 Å². The van der Waals surface area contributed by atoms with E-state index in [2.05, 4.69) is 0 Å². The Hall–Kier alpha value is -2.17. The van der Waals surface area contributed by atoms with Crippen molar-refractivity contribution >= 4 is 12.0 Å².